The fourth-order valence-electron chi connectivity index (χ4n) is 2.37. The van der Waals surface area contributed by atoms with Crippen molar-refractivity contribution in [2.45, 2.75) is 52.5 Å². The molecule has 1 rings (SSSR count). The van der Waals surface area contributed by atoms with E-state index in [1.54, 1.807) is 0 Å². The molecule has 1 unspecified atom stereocenters. The molecule has 0 aromatic rings. The Hall–Kier alpha value is -0.610. The van der Waals surface area contributed by atoms with E-state index in [0.717, 1.165) is 39.0 Å². The van der Waals surface area contributed by atoms with E-state index in [1.807, 2.05) is 6.92 Å². The molecule has 112 valence electrons. The summed E-state index contributed by atoms with van der Waals surface area (Å²) in [5, 5.41) is 6.38. The molecule has 19 heavy (non-hydrogen) atoms. The van der Waals surface area contributed by atoms with Gasteiger partial charge in [-0.3, -0.25) is 4.79 Å². The summed E-state index contributed by atoms with van der Waals surface area (Å²) in [6.07, 6.45) is 4.59. The van der Waals surface area contributed by atoms with Gasteiger partial charge in [-0.05, 0) is 51.7 Å². The average molecular weight is 269 g/mol. The van der Waals surface area contributed by atoms with Crippen molar-refractivity contribution in [2.24, 2.45) is 5.41 Å². The van der Waals surface area contributed by atoms with Crippen LogP contribution in [-0.2, 0) is 4.79 Å². The van der Waals surface area contributed by atoms with Crippen LogP contribution in [0, 0.1) is 5.41 Å². The predicted molar refractivity (Wildman–Crippen MR) is 80.2 cm³/mol. The number of nitrogens with one attached hydrogen (secondary N) is 2. The standard InChI is InChI=1S/C15H31N3O/c1-5-6-9-16-14(19)13(2)17-12-15(3)7-10-18(4)11-8-15/h13,17H,5-12H2,1-4H3,(H,16,19). The van der Waals surface area contributed by atoms with Gasteiger partial charge in [0, 0.05) is 13.1 Å². The zero-order valence-electron chi connectivity index (χ0n) is 13.1. The van der Waals surface area contributed by atoms with Gasteiger partial charge in [0.15, 0.2) is 0 Å². The molecule has 1 saturated heterocycles. The zero-order valence-corrected chi connectivity index (χ0v) is 13.1. The lowest BCUT2D eigenvalue weighted by molar-refractivity contribution is -0.122. The summed E-state index contributed by atoms with van der Waals surface area (Å²) in [6.45, 7) is 10.5. The SMILES string of the molecule is CCCCNC(=O)C(C)NCC1(C)CCN(C)CC1. The Bertz CT molecular complexity index is 273. The number of carbonyl (C=O) groups excluding carboxylic acids is 1. The number of carbonyl (C=O) groups is 1. The van der Waals surface area contributed by atoms with Crippen LogP contribution in [0.4, 0.5) is 0 Å². The molecule has 1 aliphatic heterocycles. The quantitative estimate of drug-likeness (QED) is 0.690. The number of hydrogen-bond acceptors (Lipinski definition) is 3. The summed E-state index contributed by atoms with van der Waals surface area (Å²) >= 11 is 0. The second-order valence-corrected chi connectivity index (χ2v) is 6.36. The molecular formula is C15H31N3O. The van der Waals surface area contributed by atoms with Gasteiger partial charge in [-0.15, -0.1) is 0 Å². The number of hydrogen-bond donors (Lipinski definition) is 2. The van der Waals surface area contributed by atoms with E-state index < -0.39 is 0 Å². The van der Waals surface area contributed by atoms with E-state index >= 15 is 0 Å². The lowest BCUT2D eigenvalue weighted by Gasteiger charge is -2.38. The van der Waals surface area contributed by atoms with Gasteiger partial charge in [0.1, 0.15) is 0 Å². The van der Waals surface area contributed by atoms with Crippen molar-refractivity contribution >= 4 is 5.91 Å². The van der Waals surface area contributed by atoms with Crippen molar-refractivity contribution in [1.82, 2.24) is 15.5 Å². The van der Waals surface area contributed by atoms with Gasteiger partial charge in [0.05, 0.1) is 6.04 Å². The highest BCUT2D eigenvalue weighted by Crippen LogP contribution is 2.29. The van der Waals surface area contributed by atoms with Crippen LogP contribution in [0.5, 0.6) is 0 Å². The molecule has 0 saturated carbocycles. The molecule has 1 atom stereocenters. The molecule has 0 aliphatic carbocycles. The van der Waals surface area contributed by atoms with Gasteiger partial charge in [0.25, 0.3) is 0 Å². The van der Waals surface area contributed by atoms with Crippen LogP contribution in [0.1, 0.15) is 46.5 Å². The van der Waals surface area contributed by atoms with Gasteiger partial charge >= 0.3 is 0 Å². The highest BCUT2D eigenvalue weighted by molar-refractivity contribution is 5.81. The summed E-state index contributed by atoms with van der Waals surface area (Å²) in [5.74, 6) is 0.130. The van der Waals surface area contributed by atoms with E-state index in [4.69, 9.17) is 0 Å². The minimum absolute atomic E-state index is 0.0895. The van der Waals surface area contributed by atoms with Crippen LogP contribution >= 0.6 is 0 Å². The molecule has 1 aliphatic rings. The normalized spacial score (nSPS) is 21.1. The molecule has 4 heteroatoms. The maximum absolute atomic E-state index is 11.9. The number of piperidine rings is 1. The Kier molecular flexibility index (Phi) is 6.80. The largest absolute Gasteiger partial charge is 0.355 e. The minimum atomic E-state index is -0.0895. The Balaban J connectivity index is 2.25. The average Bonchev–Trinajstić information content (AvgIpc) is 2.40. The van der Waals surface area contributed by atoms with Crippen molar-refractivity contribution in [1.29, 1.82) is 0 Å². The number of rotatable bonds is 7. The van der Waals surface area contributed by atoms with E-state index in [-0.39, 0.29) is 11.9 Å². The minimum Gasteiger partial charge on any atom is -0.355 e. The lowest BCUT2D eigenvalue weighted by Crippen LogP contribution is -2.48. The molecular weight excluding hydrogens is 238 g/mol. The van der Waals surface area contributed by atoms with Gasteiger partial charge in [-0.2, -0.15) is 0 Å². The van der Waals surface area contributed by atoms with Crippen molar-refractivity contribution < 1.29 is 4.79 Å². The van der Waals surface area contributed by atoms with E-state index in [1.165, 1.54) is 12.8 Å². The first-order chi connectivity index (χ1) is 8.97. The van der Waals surface area contributed by atoms with Crippen LogP contribution in [0.15, 0.2) is 0 Å². The predicted octanol–water partition coefficient (Wildman–Crippen LogP) is 1.61. The van der Waals surface area contributed by atoms with Crippen LogP contribution in [0.2, 0.25) is 0 Å². The molecule has 1 heterocycles. The molecule has 0 spiro atoms. The maximum atomic E-state index is 11.9. The number of amides is 1. The Morgan fingerprint density at radius 3 is 2.58 bits per heavy atom. The third-order valence-electron chi connectivity index (χ3n) is 4.25. The Morgan fingerprint density at radius 1 is 1.37 bits per heavy atom. The monoisotopic (exact) mass is 269 g/mol. The van der Waals surface area contributed by atoms with Crippen LogP contribution in [0.3, 0.4) is 0 Å². The summed E-state index contributed by atoms with van der Waals surface area (Å²) in [4.78, 5) is 14.2. The van der Waals surface area contributed by atoms with Crippen LogP contribution < -0.4 is 10.6 Å². The molecule has 1 amide bonds. The zero-order chi connectivity index (χ0) is 14.3. The fourth-order valence-corrected chi connectivity index (χ4v) is 2.37. The summed E-state index contributed by atoms with van der Waals surface area (Å²) in [5.41, 5.74) is 0.338. The third kappa shape index (κ3) is 5.91. The first-order valence-electron chi connectivity index (χ1n) is 7.66. The van der Waals surface area contributed by atoms with Crippen molar-refractivity contribution in [2.75, 3.05) is 33.2 Å². The summed E-state index contributed by atoms with van der Waals surface area (Å²) in [7, 11) is 2.18. The highest BCUT2D eigenvalue weighted by Gasteiger charge is 2.29. The Morgan fingerprint density at radius 2 is 2.00 bits per heavy atom. The first kappa shape index (κ1) is 16.4. The van der Waals surface area contributed by atoms with E-state index in [2.05, 4.69) is 36.4 Å². The molecule has 0 bridgehead atoms. The number of unbranched alkanes of at least 4 members (excludes halogenated alkanes) is 1. The fraction of sp³-hybridized carbons (Fsp3) is 0.933. The third-order valence-corrected chi connectivity index (χ3v) is 4.25. The van der Waals surface area contributed by atoms with Crippen LogP contribution in [0.25, 0.3) is 0 Å². The van der Waals surface area contributed by atoms with Gasteiger partial charge in [0.2, 0.25) is 5.91 Å². The number of likely N-dealkylation sites (tertiary alicyclic amines) is 1. The second kappa shape index (κ2) is 7.85. The highest BCUT2D eigenvalue weighted by atomic mass is 16.2. The topological polar surface area (TPSA) is 44.4 Å². The smallest absolute Gasteiger partial charge is 0.236 e. The second-order valence-electron chi connectivity index (χ2n) is 6.36. The first-order valence-corrected chi connectivity index (χ1v) is 7.66. The van der Waals surface area contributed by atoms with Crippen molar-refractivity contribution in [3.8, 4) is 0 Å². The van der Waals surface area contributed by atoms with Crippen molar-refractivity contribution in [3.05, 3.63) is 0 Å². The molecule has 4 nitrogen and oxygen atoms in total. The molecule has 2 N–H and O–H groups in total. The molecule has 0 aromatic heterocycles. The summed E-state index contributed by atoms with van der Waals surface area (Å²) in [6, 6.07) is -0.0895. The summed E-state index contributed by atoms with van der Waals surface area (Å²) < 4.78 is 0. The Labute approximate surface area is 118 Å². The van der Waals surface area contributed by atoms with Crippen molar-refractivity contribution in [3.63, 3.8) is 0 Å². The number of nitrogens with zero attached hydrogens (tertiary/aromatic N) is 1. The van der Waals surface area contributed by atoms with Gasteiger partial charge in [-0.25, -0.2) is 0 Å². The van der Waals surface area contributed by atoms with Gasteiger partial charge < -0.3 is 15.5 Å². The van der Waals surface area contributed by atoms with E-state index in [0.29, 0.717) is 5.41 Å². The molecule has 1 fully saturated rings. The van der Waals surface area contributed by atoms with Crippen LogP contribution in [-0.4, -0.2) is 50.1 Å². The van der Waals surface area contributed by atoms with E-state index in [9.17, 15) is 4.79 Å². The maximum Gasteiger partial charge on any atom is 0.236 e. The van der Waals surface area contributed by atoms with Gasteiger partial charge in [-0.1, -0.05) is 20.3 Å². The lowest BCUT2D eigenvalue weighted by atomic mass is 9.80. The molecule has 0 radical (unpaired) electrons. The molecule has 0 aromatic carbocycles.